The van der Waals surface area contributed by atoms with E-state index in [1.165, 1.54) is 21.7 Å². The van der Waals surface area contributed by atoms with Crippen LogP contribution in [-0.2, 0) is 21.2 Å². The highest BCUT2D eigenvalue weighted by molar-refractivity contribution is 8.00. The zero-order valence-corrected chi connectivity index (χ0v) is 20.1. The van der Waals surface area contributed by atoms with Crippen molar-refractivity contribution < 1.29 is 13.2 Å². The maximum Gasteiger partial charge on any atom is 0.238 e. The molecule has 0 spiro atoms. The molecule has 2 aromatic rings. The van der Waals surface area contributed by atoms with Crippen LogP contribution in [0.2, 0.25) is 0 Å². The smallest absolute Gasteiger partial charge is 0.238 e. The molecular formula is C23H30N4O3S2. The first-order valence-electron chi connectivity index (χ1n) is 10.8. The van der Waals surface area contributed by atoms with Gasteiger partial charge in [0.1, 0.15) is 5.50 Å². The minimum Gasteiger partial charge on any atom is -0.369 e. The average molecular weight is 475 g/mol. The number of fused-ring (bicyclic) bond motifs is 1. The molecule has 172 valence electrons. The van der Waals surface area contributed by atoms with Crippen LogP contribution in [0.25, 0.3) is 0 Å². The Hall–Kier alpha value is -2.07. The number of piperidine rings is 1. The molecule has 32 heavy (non-hydrogen) atoms. The summed E-state index contributed by atoms with van der Waals surface area (Å²) in [6, 6.07) is 11.2. The van der Waals surface area contributed by atoms with Crippen LogP contribution < -0.4 is 15.8 Å². The molecule has 4 rings (SSSR count). The number of hydrogen-bond acceptors (Lipinski definition) is 6. The molecule has 2 unspecified atom stereocenters. The standard InChI is InChI=1S/C23H30N4O3S2/c1-15-12-16(2)21-20(13-15)27(11-9-17-5-7-19(8-6-17)32(25,29)30)23(31-21)26-10-3-4-18(14-26)22(24)28/h5-8,12-13,18,23H,3-4,9-11,14H2,1-2H3,(H2,24,28)(H2,25,29,30). The van der Waals surface area contributed by atoms with Crippen LogP contribution in [0.3, 0.4) is 0 Å². The predicted molar refractivity (Wildman–Crippen MR) is 128 cm³/mol. The number of carbonyl (C=O) groups is 1. The van der Waals surface area contributed by atoms with Gasteiger partial charge in [0.15, 0.2) is 0 Å². The molecule has 0 saturated carbocycles. The topological polar surface area (TPSA) is 110 Å². The van der Waals surface area contributed by atoms with Gasteiger partial charge in [0.25, 0.3) is 0 Å². The number of rotatable bonds is 6. The van der Waals surface area contributed by atoms with Gasteiger partial charge in [-0.15, -0.1) is 0 Å². The Balaban J connectivity index is 1.58. The van der Waals surface area contributed by atoms with E-state index in [4.69, 9.17) is 10.9 Å². The van der Waals surface area contributed by atoms with E-state index in [1.807, 2.05) is 23.9 Å². The summed E-state index contributed by atoms with van der Waals surface area (Å²) in [6.45, 7) is 6.65. The van der Waals surface area contributed by atoms with Gasteiger partial charge in [-0.1, -0.05) is 30.0 Å². The summed E-state index contributed by atoms with van der Waals surface area (Å²) < 4.78 is 23.1. The van der Waals surface area contributed by atoms with Gasteiger partial charge in [-0.3, -0.25) is 9.69 Å². The molecule has 4 N–H and O–H groups in total. The van der Waals surface area contributed by atoms with Gasteiger partial charge in [-0.25, -0.2) is 13.6 Å². The fourth-order valence-electron chi connectivity index (χ4n) is 4.62. The molecule has 2 aromatic carbocycles. The lowest BCUT2D eigenvalue weighted by Crippen LogP contribution is -2.51. The lowest BCUT2D eigenvalue weighted by molar-refractivity contribution is -0.123. The Bertz CT molecular complexity index is 1120. The van der Waals surface area contributed by atoms with Crippen molar-refractivity contribution in [3.63, 3.8) is 0 Å². The molecule has 9 heteroatoms. The summed E-state index contributed by atoms with van der Waals surface area (Å²) >= 11 is 1.84. The van der Waals surface area contributed by atoms with Crippen molar-refractivity contribution in [1.82, 2.24) is 4.90 Å². The first kappa shape index (κ1) is 23.1. The highest BCUT2D eigenvalue weighted by Gasteiger charge is 2.38. The third kappa shape index (κ3) is 4.80. The molecular weight excluding hydrogens is 444 g/mol. The normalized spacial score (nSPS) is 21.5. The van der Waals surface area contributed by atoms with E-state index >= 15 is 0 Å². The van der Waals surface area contributed by atoms with Gasteiger partial charge in [0, 0.05) is 24.5 Å². The Morgan fingerprint density at radius 2 is 1.91 bits per heavy atom. The number of primary sulfonamides is 1. The average Bonchev–Trinajstić information content (AvgIpc) is 3.10. The van der Waals surface area contributed by atoms with E-state index in [0.717, 1.165) is 37.9 Å². The van der Waals surface area contributed by atoms with E-state index in [-0.39, 0.29) is 22.2 Å². The van der Waals surface area contributed by atoms with Crippen molar-refractivity contribution in [3.05, 3.63) is 53.1 Å². The van der Waals surface area contributed by atoms with Gasteiger partial charge < -0.3 is 10.6 Å². The fraction of sp³-hybridized carbons (Fsp3) is 0.435. The Labute approximate surface area is 194 Å². The third-order valence-corrected chi connectivity index (χ3v) is 8.72. The van der Waals surface area contributed by atoms with Crippen molar-refractivity contribution in [2.24, 2.45) is 16.8 Å². The molecule has 0 bridgehead atoms. The Morgan fingerprint density at radius 3 is 2.56 bits per heavy atom. The number of sulfonamides is 1. The number of hydrogen-bond donors (Lipinski definition) is 2. The number of benzene rings is 2. The van der Waals surface area contributed by atoms with Crippen molar-refractivity contribution in [3.8, 4) is 0 Å². The van der Waals surface area contributed by atoms with E-state index < -0.39 is 10.0 Å². The monoisotopic (exact) mass is 474 g/mol. The molecule has 0 aromatic heterocycles. The highest BCUT2D eigenvalue weighted by atomic mass is 32.2. The summed E-state index contributed by atoms with van der Waals surface area (Å²) in [6.07, 6.45) is 2.58. The molecule has 2 aliphatic rings. The number of likely N-dealkylation sites (tertiary alicyclic amines) is 1. The number of anilines is 1. The Kier molecular flexibility index (Phi) is 6.53. The molecule has 7 nitrogen and oxygen atoms in total. The van der Waals surface area contributed by atoms with Gasteiger partial charge in [-0.2, -0.15) is 0 Å². The molecule has 2 aliphatic heterocycles. The quantitative estimate of drug-likeness (QED) is 0.666. The second-order valence-electron chi connectivity index (χ2n) is 8.74. The van der Waals surface area contributed by atoms with E-state index in [2.05, 4.69) is 35.8 Å². The molecule has 1 amide bonds. The van der Waals surface area contributed by atoms with Crippen molar-refractivity contribution in [2.45, 2.75) is 48.4 Å². The van der Waals surface area contributed by atoms with Crippen LogP contribution in [0.15, 0.2) is 46.2 Å². The minimum atomic E-state index is -3.69. The largest absolute Gasteiger partial charge is 0.369 e. The number of nitrogens with two attached hydrogens (primary N) is 2. The zero-order valence-electron chi connectivity index (χ0n) is 18.5. The fourth-order valence-corrected chi connectivity index (χ4v) is 6.58. The van der Waals surface area contributed by atoms with E-state index in [1.54, 1.807) is 12.1 Å². The minimum absolute atomic E-state index is 0.108. The summed E-state index contributed by atoms with van der Waals surface area (Å²) in [7, 11) is -3.69. The molecule has 1 saturated heterocycles. The molecule has 2 atom stereocenters. The Morgan fingerprint density at radius 1 is 1.19 bits per heavy atom. The third-order valence-electron chi connectivity index (χ3n) is 6.26. The van der Waals surface area contributed by atoms with Gasteiger partial charge in [-0.05, 0) is 68.0 Å². The maximum absolute atomic E-state index is 11.8. The van der Waals surface area contributed by atoms with Crippen LogP contribution in [0.5, 0.6) is 0 Å². The second kappa shape index (κ2) is 9.05. The first-order valence-corrected chi connectivity index (χ1v) is 13.3. The van der Waals surface area contributed by atoms with Crippen molar-refractivity contribution in [1.29, 1.82) is 0 Å². The number of thioether (sulfide) groups is 1. The van der Waals surface area contributed by atoms with Crippen molar-refractivity contribution >= 4 is 33.4 Å². The lowest BCUT2D eigenvalue weighted by Gasteiger charge is -2.40. The van der Waals surface area contributed by atoms with Gasteiger partial charge >= 0.3 is 0 Å². The van der Waals surface area contributed by atoms with Crippen LogP contribution in [0.4, 0.5) is 5.69 Å². The first-order chi connectivity index (χ1) is 15.1. The van der Waals surface area contributed by atoms with Crippen LogP contribution in [0, 0.1) is 19.8 Å². The van der Waals surface area contributed by atoms with Gasteiger partial charge in [0.05, 0.1) is 16.5 Å². The number of amides is 1. The second-order valence-corrected chi connectivity index (χ2v) is 11.4. The highest BCUT2D eigenvalue weighted by Crippen LogP contribution is 2.47. The predicted octanol–water partition coefficient (Wildman–Crippen LogP) is 2.59. The number of primary amides is 1. The lowest BCUT2D eigenvalue weighted by atomic mass is 9.98. The van der Waals surface area contributed by atoms with E-state index in [9.17, 15) is 13.2 Å². The van der Waals surface area contributed by atoms with Gasteiger partial charge in [0.2, 0.25) is 15.9 Å². The molecule has 0 radical (unpaired) electrons. The van der Waals surface area contributed by atoms with Crippen molar-refractivity contribution in [2.75, 3.05) is 24.5 Å². The molecule has 0 aliphatic carbocycles. The number of carbonyl (C=O) groups excluding carboxylic acids is 1. The molecule has 2 heterocycles. The zero-order chi connectivity index (χ0) is 23.0. The maximum atomic E-state index is 11.8. The van der Waals surface area contributed by atoms with Crippen LogP contribution in [0.1, 0.15) is 29.5 Å². The van der Waals surface area contributed by atoms with Crippen LogP contribution >= 0.6 is 11.8 Å². The van der Waals surface area contributed by atoms with Crippen LogP contribution in [-0.4, -0.2) is 44.4 Å². The summed E-state index contributed by atoms with van der Waals surface area (Å²) in [5.74, 6) is -0.327. The number of aryl methyl sites for hydroxylation is 2. The number of nitrogens with zero attached hydrogens (tertiary/aromatic N) is 2. The summed E-state index contributed by atoms with van der Waals surface area (Å²) in [4.78, 5) is 18.0. The summed E-state index contributed by atoms with van der Waals surface area (Å²) in [5, 5.41) is 5.22. The SMILES string of the molecule is Cc1cc(C)c2c(c1)N(CCc1ccc(S(N)(=O)=O)cc1)C(N1CCCC(C(N)=O)C1)S2. The summed E-state index contributed by atoms with van der Waals surface area (Å²) in [5.41, 5.74) is 10.5. The van der Waals surface area contributed by atoms with E-state index in [0.29, 0.717) is 6.54 Å². The molecule has 1 fully saturated rings.